The van der Waals surface area contributed by atoms with Gasteiger partial charge in [0.15, 0.2) is 11.5 Å². The lowest BCUT2D eigenvalue weighted by Crippen LogP contribution is -2.41. The van der Waals surface area contributed by atoms with Crippen molar-refractivity contribution in [3.8, 4) is 0 Å². The molecule has 126 valence electrons. The molecule has 0 unspecified atom stereocenters. The number of para-hydroxylation sites is 2. The fraction of sp³-hybridized carbons (Fsp3) is 0.375. The molecule has 7 nitrogen and oxygen atoms in total. The Kier molecular flexibility index (Phi) is 3.65. The SMILES string of the molecule is C[n+]1ccn(S(=O)(=O)N2CCC(c3nc4ccccc4o3)CC2)c1. The summed E-state index contributed by atoms with van der Waals surface area (Å²) in [5, 5.41) is 0. The number of rotatable bonds is 3. The number of benzene rings is 1. The van der Waals surface area contributed by atoms with Crippen LogP contribution in [0.3, 0.4) is 0 Å². The van der Waals surface area contributed by atoms with Gasteiger partial charge in [-0.05, 0) is 25.0 Å². The molecular formula is C16H19N4O3S+. The molecule has 0 saturated carbocycles. The highest BCUT2D eigenvalue weighted by Gasteiger charge is 2.34. The number of piperidine rings is 1. The summed E-state index contributed by atoms with van der Waals surface area (Å²) >= 11 is 0. The smallest absolute Gasteiger partial charge is 0.379 e. The van der Waals surface area contributed by atoms with Gasteiger partial charge in [0.25, 0.3) is 6.33 Å². The van der Waals surface area contributed by atoms with E-state index in [-0.39, 0.29) is 5.92 Å². The Hall–Kier alpha value is -2.19. The van der Waals surface area contributed by atoms with Gasteiger partial charge in [-0.1, -0.05) is 12.1 Å². The van der Waals surface area contributed by atoms with E-state index in [1.807, 2.05) is 24.3 Å². The van der Waals surface area contributed by atoms with Crippen LogP contribution in [0, 0.1) is 0 Å². The quantitative estimate of drug-likeness (QED) is 0.672. The maximum Gasteiger partial charge on any atom is 0.379 e. The van der Waals surface area contributed by atoms with Crippen LogP contribution in [0.1, 0.15) is 24.7 Å². The Labute approximate surface area is 140 Å². The molecule has 1 aliphatic heterocycles. The Balaban J connectivity index is 1.50. The summed E-state index contributed by atoms with van der Waals surface area (Å²) in [7, 11) is -1.70. The van der Waals surface area contributed by atoms with E-state index in [0.29, 0.717) is 31.8 Å². The van der Waals surface area contributed by atoms with Gasteiger partial charge >= 0.3 is 10.2 Å². The molecular weight excluding hydrogens is 328 g/mol. The highest BCUT2D eigenvalue weighted by atomic mass is 32.2. The zero-order valence-corrected chi connectivity index (χ0v) is 14.2. The standard InChI is InChI=1S/C16H19N4O3S/c1-18-10-11-20(12-18)24(21,22)19-8-6-13(7-9-19)16-17-14-4-2-3-5-15(14)23-16/h2-5,10-13H,6-9H2,1H3/q+1. The second kappa shape index (κ2) is 5.71. The summed E-state index contributed by atoms with van der Waals surface area (Å²) in [4.78, 5) is 4.54. The van der Waals surface area contributed by atoms with Crippen molar-refractivity contribution in [1.82, 2.24) is 13.3 Å². The molecule has 0 atom stereocenters. The van der Waals surface area contributed by atoms with E-state index in [1.165, 1.54) is 8.28 Å². The van der Waals surface area contributed by atoms with Crippen molar-refractivity contribution in [3.63, 3.8) is 0 Å². The Morgan fingerprint density at radius 2 is 2.00 bits per heavy atom. The number of hydrogen-bond donors (Lipinski definition) is 0. The summed E-state index contributed by atoms with van der Waals surface area (Å²) in [5.74, 6) is 0.866. The number of nitrogens with zero attached hydrogens (tertiary/aromatic N) is 4. The third-order valence-corrected chi connectivity index (χ3v) is 6.22. The van der Waals surface area contributed by atoms with E-state index in [4.69, 9.17) is 4.42 Å². The van der Waals surface area contributed by atoms with Crippen molar-refractivity contribution >= 4 is 21.3 Å². The van der Waals surface area contributed by atoms with Crippen molar-refractivity contribution in [2.45, 2.75) is 18.8 Å². The van der Waals surface area contributed by atoms with Crippen molar-refractivity contribution < 1.29 is 17.4 Å². The van der Waals surface area contributed by atoms with Crippen LogP contribution in [0.5, 0.6) is 0 Å². The summed E-state index contributed by atoms with van der Waals surface area (Å²) in [6.45, 7) is 0.932. The molecule has 1 aliphatic rings. The Morgan fingerprint density at radius 1 is 1.25 bits per heavy atom. The van der Waals surface area contributed by atoms with Crippen molar-refractivity contribution in [2.75, 3.05) is 13.1 Å². The lowest BCUT2D eigenvalue weighted by molar-refractivity contribution is -0.670. The number of imidazole rings is 1. The first-order chi connectivity index (χ1) is 11.5. The van der Waals surface area contributed by atoms with Gasteiger partial charge in [0, 0.05) is 19.0 Å². The molecule has 0 amide bonds. The average molecular weight is 347 g/mol. The van der Waals surface area contributed by atoms with Crippen LogP contribution >= 0.6 is 0 Å². The lowest BCUT2D eigenvalue weighted by Gasteiger charge is -2.27. The van der Waals surface area contributed by atoms with Gasteiger partial charge in [0.05, 0.1) is 7.05 Å². The number of aryl methyl sites for hydroxylation is 1. The summed E-state index contributed by atoms with van der Waals surface area (Å²) < 4.78 is 35.6. The van der Waals surface area contributed by atoms with Crippen LogP contribution in [-0.2, 0) is 17.3 Å². The molecule has 3 aromatic rings. The highest BCUT2D eigenvalue weighted by Crippen LogP contribution is 2.30. The molecule has 24 heavy (non-hydrogen) atoms. The predicted octanol–water partition coefficient (Wildman–Crippen LogP) is 1.43. The topological polar surface area (TPSA) is 72.2 Å². The normalized spacial score (nSPS) is 17.5. The van der Waals surface area contributed by atoms with E-state index >= 15 is 0 Å². The van der Waals surface area contributed by atoms with E-state index < -0.39 is 10.2 Å². The van der Waals surface area contributed by atoms with Gasteiger partial charge in [-0.25, -0.2) is 9.55 Å². The molecule has 8 heteroatoms. The Morgan fingerprint density at radius 3 is 2.67 bits per heavy atom. The zero-order valence-electron chi connectivity index (χ0n) is 13.4. The van der Waals surface area contributed by atoms with Gasteiger partial charge in [-0.2, -0.15) is 12.7 Å². The van der Waals surface area contributed by atoms with Crippen LogP contribution in [-0.4, -0.2) is 34.8 Å². The number of fused-ring (bicyclic) bond motifs is 1. The van der Waals surface area contributed by atoms with Crippen LogP contribution in [0.15, 0.2) is 47.4 Å². The summed E-state index contributed by atoms with van der Waals surface area (Å²) in [6, 6.07) is 7.68. The molecule has 1 fully saturated rings. The predicted molar refractivity (Wildman–Crippen MR) is 87.5 cm³/mol. The molecule has 1 aromatic carbocycles. The maximum absolute atomic E-state index is 12.6. The van der Waals surface area contributed by atoms with Crippen molar-refractivity contribution in [1.29, 1.82) is 0 Å². The third kappa shape index (κ3) is 2.61. The van der Waals surface area contributed by atoms with E-state index in [1.54, 1.807) is 30.3 Å². The zero-order chi connectivity index (χ0) is 16.7. The van der Waals surface area contributed by atoms with Gasteiger partial charge in [0.1, 0.15) is 17.9 Å². The minimum Gasteiger partial charge on any atom is -0.440 e. The second-order valence-corrected chi connectivity index (χ2v) is 7.94. The first kappa shape index (κ1) is 15.3. The molecule has 0 N–H and O–H groups in total. The summed E-state index contributed by atoms with van der Waals surface area (Å²) in [5.41, 5.74) is 1.63. The monoisotopic (exact) mass is 347 g/mol. The number of oxazole rings is 1. The number of aromatic nitrogens is 3. The second-order valence-electron chi connectivity index (χ2n) is 6.11. The van der Waals surface area contributed by atoms with Gasteiger partial charge < -0.3 is 4.42 Å². The van der Waals surface area contributed by atoms with Crippen molar-refractivity contribution in [3.05, 3.63) is 48.9 Å². The minimum atomic E-state index is -3.49. The molecule has 0 bridgehead atoms. The van der Waals surface area contributed by atoms with E-state index in [0.717, 1.165) is 11.1 Å². The van der Waals surface area contributed by atoms with Gasteiger partial charge in [0.2, 0.25) is 0 Å². The number of hydrogen-bond acceptors (Lipinski definition) is 4. The largest absolute Gasteiger partial charge is 0.440 e. The fourth-order valence-corrected chi connectivity index (χ4v) is 4.51. The molecule has 2 aromatic heterocycles. The van der Waals surface area contributed by atoms with Gasteiger partial charge in [-0.3, -0.25) is 0 Å². The Bertz CT molecular complexity index is 935. The summed E-state index contributed by atoms with van der Waals surface area (Å²) in [6.07, 6.45) is 6.24. The molecule has 0 radical (unpaired) electrons. The molecule has 1 saturated heterocycles. The maximum atomic E-state index is 12.6. The fourth-order valence-electron chi connectivity index (χ4n) is 3.10. The molecule has 4 rings (SSSR count). The van der Waals surface area contributed by atoms with Crippen LogP contribution in [0.2, 0.25) is 0 Å². The van der Waals surface area contributed by atoms with Gasteiger partial charge in [-0.15, -0.1) is 3.97 Å². The minimum absolute atomic E-state index is 0.157. The average Bonchev–Trinajstić information content (AvgIpc) is 3.21. The van der Waals surface area contributed by atoms with E-state index in [2.05, 4.69) is 4.98 Å². The highest BCUT2D eigenvalue weighted by molar-refractivity contribution is 7.87. The molecule has 3 heterocycles. The lowest BCUT2D eigenvalue weighted by atomic mass is 9.98. The molecule has 0 aliphatic carbocycles. The third-order valence-electron chi connectivity index (χ3n) is 4.45. The first-order valence-corrected chi connectivity index (χ1v) is 9.33. The van der Waals surface area contributed by atoms with Crippen LogP contribution in [0.4, 0.5) is 0 Å². The van der Waals surface area contributed by atoms with Crippen LogP contribution in [0.25, 0.3) is 11.1 Å². The van der Waals surface area contributed by atoms with E-state index in [9.17, 15) is 8.42 Å². The first-order valence-electron chi connectivity index (χ1n) is 7.93. The van der Waals surface area contributed by atoms with Crippen molar-refractivity contribution in [2.24, 2.45) is 7.05 Å². The van der Waals surface area contributed by atoms with Crippen LogP contribution < -0.4 is 4.57 Å². The molecule has 0 spiro atoms.